The fourth-order valence-electron chi connectivity index (χ4n) is 3.37. The Morgan fingerprint density at radius 1 is 0.964 bits per heavy atom. The van der Waals surface area contributed by atoms with Crippen LogP contribution < -0.4 is 5.32 Å². The van der Waals surface area contributed by atoms with Crippen LogP contribution in [0, 0.1) is 0 Å². The van der Waals surface area contributed by atoms with Crippen LogP contribution in [-0.4, -0.2) is 17.6 Å². The SMILES string of the molecule is C=Cc1ccc([C@@H]2OC[C@H](NCc3ccccn3)[C@H](c3ccccc3)O2)cc1. The fourth-order valence-corrected chi connectivity index (χ4v) is 3.37. The molecule has 4 nitrogen and oxygen atoms in total. The van der Waals surface area contributed by atoms with Gasteiger partial charge in [-0.05, 0) is 23.3 Å². The van der Waals surface area contributed by atoms with Gasteiger partial charge in [-0.15, -0.1) is 0 Å². The van der Waals surface area contributed by atoms with E-state index in [0.717, 1.165) is 22.4 Å². The van der Waals surface area contributed by atoms with E-state index < -0.39 is 6.29 Å². The Balaban J connectivity index is 1.51. The summed E-state index contributed by atoms with van der Waals surface area (Å²) in [7, 11) is 0. The Morgan fingerprint density at radius 2 is 1.75 bits per heavy atom. The number of benzene rings is 2. The predicted molar refractivity (Wildman–Crippen MR) is 110 cm³/mol. The third-order valence-electron chi connectivity index (χ3n) is 4.91. The molecule has 0 spiro atoms. The Bertz CT molecular complexity index is 881. The van der Waals surface area contributed by atoms with Crippen molar-refractivity contribution in [2.24, 2.45) is 0 Å². The van der Waals surface area contributed by atoms with Crippen molar-refractivity contribution in [2.75, 3.05) is 6.61 Å². The number of aromatic nitrogens is 1. The first-order valence-electron chi connectivity index (χ1n) is 9.51. The van der Waals surface area contributed by atoms with Crippen LogP contribution >= 0.6 is 0 Å². The molecule has 1 aromatic heterocycles. The topological polar surface area (TPSA) is 43.4 Å². The molecular formula is C24H24N2O2. The summed E-state index contributed by atoms with van der Waals surface area (Å²) in [4.78, 5) is 4.39. The van der Waals surface area contributed by atoms with Gasteiger partial charge in [0, 0.05) is 18.3 Å². The first-order chi connectivity index (χ1) is 13.8. The first kappa shape index (κ1) is 18.6. The van der Waals surface area contributed by atoms with Crippen molar-refractivity contribution in [1.82, 2.24) is 10.3 Å². The standard InChI is InChI=1S/C24H24N2O2/c1-2-18-11-13-20(14-12-18)24-27-17-22(26-16-21-10-6-7-15-25-21)23(28-24)19-8-4-3-5-9-19/h2-15,22-24,26H,1,16-17H2/t22-,23-,24+/m0/s1. The summed E-state index contributed by atoms with van der Waals surface area (Å²) < 4.78 is 12.5. The number of pyridine rings is 1. The molecule has 2 aromatic carbocycles. The molecule has 1 aliphatic rings. The molecule has 2 heterocycles. The molecule has 1 saturated heterocycles. The van der Waals surface area contributed by atoms with Crippen LogP contribution in [0.5, 0.6) is 0 Å². The summed E-state index contributed by atoms with van der Waals surface area (Å²) in [6.45, 7) is 5.03. The van der Waals surface area contributed by atoms with Crippen LogP contribution in [0.25, 0.3) is 6.08 Å². The molecule has 4 rings (SSSR count). The lowest BCUT2D eigenvalue weighted by Crippen LogP contribution is -2.44. The second-order valence-electron chi connectivity index (χ2n) is 6.81. The van der Waals surface area contributed by atoms with Crippen LogP contribution in [0.3, 0.4) is 0 Å². The van der Waals surface area contributed by atoms with Gasteiger partial charge in [0.15, 0.2) is 6.29 Å². The van der Waals surface area contributed by atoms with Gasteiger partial charge in [-0.3, -0.25) is 4.98 Å². The van der Waals surface area contributed by atoms with E-state index in [1.165, 1.54) is 0 Å². The van der Waals surface area contributed by atoms with Gasteiger partial charge in [0.1, 0.15) is 6.10 Å². The van der Waals surface area contributed by atoms with Crippen molar-refractivity contribution in [3.05, 3.63) is 108 Å². The molecule has 0 bridgehead atoms. The number of rotatable bonds is 6. The van der Waals surface area contributed by atoms with E-state index >= 15 is 0 Å². The lowest BCUT2D eigenvalue weighted by molar-refractivity contribution is -0.232. The van der Waals surface area contributed by atoms with Gasteiger partial charge in [-0.25, -0.2) is 0 Å². The van der Waals surface area contributed by atoms with Crippen molar-refractivity contribution in [3.63, 3.8) is 0 Å². The summed E-state index contributed by atoms with van der Waals surface area (Å²) in [5.41, 5.74) is 4.22. The van der Waals surface area contributed by atoms with Crippen molar-refractivity contribution in [1.29, 1.82) is 0 Å². The number of nitrogens with one attached hydrogen (secondary N) is 1. The molecule has 3 atom stereocenters. The third-order valence-corrected chi connectivity index (χ3v) is 4.91. The lowest BCUT2D eigenvalue weighted by atomic mass is 10.0. The highest BCUT2D eigenvalue weighted by molar-refractivity contribution is 5.47. The van der Waals surface area contributed by atoms with E-state index in [1.54, 1.807) is 0 Å². The molecule has 1 aliphatic heterocycles. The van der Waals surface area contributed by atoms with Gasteiger partial charge in [0.25, 0.3) is 0 Å². The van der Waals surface area contributed by atoms with E-state index in [4.69, 9.17) is 9.47 Å². The van der Waals surface area contributed by atoms with Crippen LogP contribution in [0.1, 0.15) is 34.8 Å². The molecule has 4 heteroatoms. The molecule has 1 N–H and O–H groups in total. The summed E-state index contributed by atoms with van der Waals surface area (Å²) in [6.07, 6.45) is 3.14. The van der Waals surface area contributed by atoms with E-state index in [-0.39, 0.29) is 12.1 Å². The van der Waals surface area contributed by atoms with Gasteiger partial charge in [0.2, 0.25) is 0 Å². The van der Waals surface area contributed by atoms with E-state index in [1.807, 2.05) is 72.9 Å². The van der Waals surface area contributed by atoms with Gasteiger partial charge in [-0.2, -0.15) is 0 Å². The molecule has 142 valence electrons. The highest BCUT2D eigenvalue weighted by atomic mass is 16.7. The zero-order valence-electron chi connectivity index (χ0n) is 15.7. The molecule has 0 saturated carbocycles. The molecule has 3 aromatic rings. The highest BCUT2D eigenvalue weighted by Crippen LogP contribution is 2.35. The van der Waals surface area contributed by atoms with Crippen LogP contribution in [0.15, 0.2) is 85.6 Å². The van der Waals surface area contributed by atoms with Crippen LogP contribution in [0.4, 0.5) is 0 Å². The second-order valence-corrected chi connectivity index (χ2v) is 6.81. The maximum absolute atomic E-state index is 6.40. The molecule has 28 heavy (non-hydrogen) atoms. The van der Waals surface area contributed by atoms with E-state index in [9.17, 15) is 0 Å². The van der Waals surface area contributed by atoms with E-state index in [2.05, 4.69) is 29.0 Å². The quantitative estimate of drug-likeness (QED) is 0.683. The van der Waals surface area contributed by atoms with Gasteiger partial charge < -0.3 is 14.8 Å². The van der Waals surface area contributed by atoms with Crippen molar-refractivity contribution < 1.29 is 9.47 Å². The van der Waals surface area contributed by atoms with Gasteiger partial charge in [0.05, 0.1) is 18.3 Å². The molecule has 0 amide bonds. The third kappa shape index (κ3) is 4.37. The second kappa shape index (κ2) is 8.93. The van der Waals surface area contributed by atoms with Crippen molar-refractivity contribution in [2.45, 2.75) is 25.0 Å². The maximum atomic E-state index is 6.40. The zero-order valence-corrected chi connectivity index (χ0v) is 15.7. The van der Waals surface area contributed by atoms with Gasteiger partial charge in [-0.1, -0.05) is 73.3 Å². The predicted octanol–water partition coefficient (Wildman–Crippen LogP) is 4.67. The average Bonchev–Trinajstić information content (AvgIpc) is 2.79. The summed E-state index contributed by atoms with van der Waals surface area (Å²) in [6, 6.07) is 24.4. The fraction of sp³-hybridized carbons (Fsp3) is 0.208. The number of hydrogen-bond donors (Lipinski definition) is 1. The van der Waals surface area contributed by atoms with Crippen molar-refractivity contribution >= 4 is 6.08 Å². The minimum Gasteiger partial charge on any atom is -0.347 e. The Morgan fingerprint density at radius 3 is 2.46 bits per heavy atom. The first-order valence-corrected chi connectivity index (χ1v) is 9.51. The summed E-state index contributed by atoms with van der Waals surface area (Å²) in [5, 5.41) is 3.55. The minimum absolute atomic E-state index is 0.0353. The average molecular weight is 372 g/mol. The number of hydrogen-bond acceptors (Lipinski definition) is 4. The Labute approximate surface area is 165 Å². The molecule has 0 unspecified atom stereocenters. The van der Waals surface area contributed by atoms with E-state index in [0.29, 0.717) is 13.2 Å². The molecule has 0 radical (unpaired) electrons. The lowest BCUT2D eigenvalue weighted by Gasteiger charge is -2.37. The smallest absolute Gasteiger partial charge is 0.184 e. The summed E-state index contributed by atoms with van der Waals surface area (Å²) >= 11 is 0. The molecule has 0 aliphatic carbocycles. The monoisotopic (exact) mass is 372 g/mol. The Hall–Kier alpha value is -2.79. The normalized spacial score (nSPS) is 21.9. The number of nitrogens with zero attached hydrogens (tertiary/aromatic N) is 1. The molecule has 1 fully saturated rings. The van der Waals surface area contributed by atoms with Crippen molar-refractivity contribution in [3.8, 4) is 0 Å². The molecular weight excluding hydrogens is 348 g/mol. The highest BCUT2D eigenvalue weighted by Gasteiger charge is 2.33. The minimum atomic E-state index is -0.392. The Kier molecular flexibility index (Phi) is 5.92. The largest absolute Gasteiger partial charge is 0.347 e. The van der Waals surface area contributed by atoms with Gasteiger partial charge >= 0.3 is 0 Å². The zero-order chi connectivity index (χ0) is 19.2. The van der Waals surface area contributed by atoms with Crippen LogP contribution in [-0.2, 0) is 16.0 Å². The maximum Gasteiger partial charge on any atom is 0.184 e. The summed E-state index contributed by atoms with van der Waals surface area (Å²) in [5.74, 6) is 0. The van der Waals surface area contributed by atoms with Crippen LogP contribution in [0.2, 0.25) is 0 Å². The number of ether oxygens (including phenoxy) is 2.